The molecule has 178 valence electrons. The topological polar surface area (TPSA) is 55.2 Å². The molecule has 2 aromatic rings. The number of likely N-dealkylation sites (tertiary alicyclic amines) is 1. The Hall–Kier alpha value is -2.37. The molecule has 8 heteroatoms. The van der Waals surface area contributed by atoms with Gasteiger partial charge in [-0.3, -0.25) is 9.88 Å². The Morgan fingerprint density at radius 3 is 2.58 bits per heavy atom. The summed E-state index contributed by atoms with van der Waals surface area (Å²) in [6, 6.07) is 8.86. The third kappa shape index (κ3) is 5.25. The van der Waals surface area contributed by atoms with Gasteiger partial charge in [-0.15, -0.1) is 0 Å². The SMILES string of the molecule is CC(C)(CN[C@@H]1C[C@H](C(F)(F)F)CN(c2ccc(C#N)c3ncccc23)C1)N1CCCCC1. The van der Waals surface area contributed by atoms with E-state index in [1.54, 1.807) is 24.4 Å². The lowest BCUT2D eigenvalue weighted by Crippen LogP contribution is -2.58. The molecule has 33 heavy (non-hydrogen) atoms. The average molecular weight is 460 g/mol. The van der Waals surface area contributed by atoms with Gasteiger partial charge in [0.15, 0.2) is 0 Å². The molecule has 1 aromatic carbocycles. The van der Waals surface area contributed by atoms with Crippen molar-refractivity contribution in [1.82, 2.24) is 15.2 Å². The van der Waals surface area contributed by atoms with Gasteiger partial charge in [0.2, 0.25) is 0 Å². The molecule has 0 unspecified atom stereocenters. The molecule has 0 radical (unpaired) electrons. The summed E-state index contributed by atoms with van der Waals surface area (Å²) in [6.07, 6.45) is 1.02. The lowest BCUT2D eigenvalue weighted by atomic mass is 9.91. The number of rotatable bonds is 5. The first-order chi connectivity index (χ1) is 15.7. The first kappa shape index (κ1) is 23.8. The molecule has 2 aliphatic rings. The van der Waals surface area contributed by atoms with E-state index in [1.165, 1.54) is 19.3 Å². The van der Waals surface area contributed by atoms with Gasteiger partial charge in [-0.05, 0) is 70.5 Å². The van der Waals surface area contributed by atoms with Gasteiger partial charge in [-0.2, -0.15) is 18.4 Å². The van der Waals surface area contributed by atoms with Crippen LogP contribution in [0.4, 0.5) is 18.9 Å². The second-order valence-corrected chi connectivity index (χ2v) is 9.96. The Bertz CT molecular complexity index is 1010. The van der Waals surface area contributed by atoms with Crippen LogP contribution in [0.3, 0.4) is 0 Å². The van der Waals surface area contributed by atoms with E-state index in [2.05, 4.69) is 35.1 Å². The zero-order valence-electron chi connectivity index (χ0n) is 19.3. The molecule has 0 spiro atoms. The second-order valence-electron chi connectivity index (χ2n) is 9.96. The molecule has 2 fully saturated rings. The summed E-state index contributed by atoms with van der Waals surface area (Å²) < 4.78 is 41.6. The zero-order valence-corrected chi connectivity index (χ0v) is 19.3. The number of benzene rings is 1. The van der Waals surface area contributed by atoms with Gasteiger partial charge < -0.3 is 10.2 Å². The van der Waals surface area contributed by atoms with Crippen molar-refractivity contribution in [3.05, 3.63) is 36.0 Å². The van der Waals surface area contributed by atoms with Gasteiger partial charge in [-0.25, -0.2) is 0 Å². The van der Waals surface area contributed by atoms with Gasteiger partial charge in [0, 0.05) is 48.5 Å². The van der Waals surface area contributed by atoms with Crippen LogP contribution in [0, 0.1) is 17.2 Å². The minimum atomic E-state index is -4.26. The van der Waals surface area contributed by atoms with Crippen LogP contribution in [-0.2, 0) is 0 Å². The molecule has 0 aliphatic carbocycles. The van der Waals surface area contributed by atoms with Crippen LogP contribution in [0.1, 0.15) is 45.1 Å². The van der Waals surface area contributed by atoms with E-state index < -0.39 is 12.1 Å². The molecule has 0 amide bonds. The van der Waals surface area contributed by atoms with Crippen molar-refractivity contribution in [3.8, 4) is 6.07 Å². The van der Waals surface area contributed by atoms with Crippen molar-refractivity contribution in [2.24, 2.45) is 5.92 Å². The van der Waals surface area contributed by atoms with Gasteiger partial charge >= 0.3 is 6.18 Å². The Balaban J connectivity index is 1.57. The van der Waals surface area contributed by atoms with Gasteiger partial charge in [0.25, 0.3) is 0 Å². The molecule has 2 atom stereocenters. The zero-order chi connectivity index (χ0) is 23.6. The maximum absolute atomic E-state index is 13.9. The summed E-state index contributed by atoms with van der Waals surface area (Å²) in [5, 5.41) is 13.6. The number of pyridine rings is 1. The summed E-state index contributed by atoms with van der Waals surface area (Å²) in [5.74, 6) is -1.41. The summed E-state index contributed by atoms with van der Waals surface area (Å²) in [4.78, 5) is 8.59. The van der Waals surface area contributed by atoms with Gasteiger partial charge in [-0.1, -0.05) is 6.42 Å². The number of nitrogens with zero attached hydrogens (tertiary/aromatic N) is 4. The molecule has 3 heterocycles. The minimum absolute atomic E-state index is 0.0720. The lowest BCUT2D eigenvalue weighted by Gasteiger charge is -2.44. The van der Waals surface area contributed by atoms with E-state index >= 15 is 0 Å². The Kier molecular flexibility index (Phi) is 6.83. The lowest BCUT2D eigenvalue weighted by molar-refractivity contribution is -0.177. The van der Waals surface area contributed by atoms with E-state index in [4.69, 9.17) is 0 Å². The quantitative estimate of drug-likeness (QED) is 0.701. The molecule has 0 saturated carbocycles. The molecular formula is C25H32F3N5. The molecular weight excluding hydrogens is 427 g/mol. The van der Waals surface area contributed by atoms with Crippen LogP contribution < -0.4 is 10.2 Å². The van der Waals surface area contributed by atoms with Crippen molar-refractivity contribution in [3.63, 3.8) is 0 Å². The third-order valence-electron chi connectivity index (χ3n) is 7.16. The van der Waals surface area contributed by atoms with E-state index in [0.29, 0.717) is 35.2 Å². The second kappa shape index (κ2) is 9.47. The van der Waals surface area contributed by atoms with Crippen LogP contribution in [-0.4, -0.2) is 60.4 Å². The van der Waals surface area contributed by atoms with Crippen molar-refractivity contribution < 1.29 is 13.2 Å². The summed E-state index contributed by atoms with van der Waals surface area (Å²) in [5.41, 5.74) is 1.55. The molecule has 2 saturated heterocycles. The summed E-state index contributed by atoms with van der Waals surface area (Å²) in [6.45, 7) is 7.47. The normalized spacial score (nSPS) is 23.0. The number of nitriles is 1. The maximum atomic E-state index is 13.9. The number of fused-ring (bicyclic) bond motifs is 1. The highest BCUT2D eigenvalue weighted by molar-refractivity contribution is 5.95. The highest BCUT2D eigenvalue weighted by atomic mass is 19.4. The van der Waals surface area contributed by atoms with Crippen LogP contribution in [0.5, 0.6) is 0 Å². The average Bonchev–Trinajstić information content (AvgIpc) is 2.82. The number of aromatic nitrogens is 1. The fourth-order valence-electron chi connectivity index (χ4n) is 5.21. The maximum Gasteiger partial charge on any atom is 0.393 e. The number of nitrogens with one attached hydrogen (secondary N) is 1. The van der Waals surface area contributed by atoms with Crippen molar-refractivity contribution in [2.45, 2.75) is 57.3 Å². The predicted octanol–water partition coefficient (Wildman–Crippen LogP) is 4.72. The first-order valence-corrected chi connectivity index (χ1v) is 11.8. The number of halogens is 3. The molecule has 1 N–H and O–H groups in total. The van der Waals surface area contributed by atoms with Crippen LogP contribution in [0.2, 0.25) is 0 Å². The summed E-state index contributed by atoms with van der Waals surface area (Å²) >= 11 is 0. The van der Waals surface area contributed by atoms with Gasteiger partial charge in [0.1, 0.15) is 6.07 Å². The number of hydrogen-bond acceptors (Lipinski definition) is 5. The Morgan fingerprint density at radius 2 is 1.88 bits per heavy atom. The number of piperidine rings is 2. The monoisotopic (exact) mass is 459 g/mol. The van der Waals surface area contributed by atoms with E-state index in [1.807, 2.05) is 11.0 Å². The Morgan fingerprint density at radius 1 is 1.12 bits per heavy atom. The fourth-order valence-corrected chi connectivity index (χ4v) is 5.21. The number of alkyl halides is 3. The highest BCUT2D eigenvalue weighted by Gasteiger charge is 2.45. The predicted molar refractivity (Wildman–Crippen MR) is 124 cm³/mol. The van der Waals surface area contributed by atoms with E-state index in [-0.39, 0.29) is 24.5 Å². The molecule has 0 bridgehead atoms. The fraction of sp³-hybridized carbons (Fsp3) is 0.600. The molecule has 2 aliphatic heterocycles. The van der Waals surface area contributed by atoms with Crippen LogP contribution in [0.25, 0.3) is 10.9 Å². The summed E-state index contributed by atoms with van der Waals surface area (Å²) in [7, 11) is 0. The first-order valence-electron chi connectivity index (χ1n) is 11.8. The standard InChI is InChI=1S/C25H32F3N5/c1-24(2,33-11-4-3-5-12-33)17-31-20-13-19(25(26,27)28)15-32(16-20)22-9-8-18(14-29)23-21(22)7-6-10-30-23/h6-10,19-20,31H,3-5,11-13,15-17H2,1-2H3/t19-,20+/m0/s1. The molecule has 4 rings (SSSR count). The van der Waals surface area contributed by atoms with E-state index in [0.717, 1.165) is 13.1 Å². The number of hydrogen-bond donors (Lipinski definition) is 1. The van der Waals surface area contributed by atoms with E-state index in [9.17, 15) is 18.4 Å². The Labute approximate surface area is 193 Å². The van der Waals surface area contributed by atoms with Crippen LogP contribution in [0.15, 0.2) is 30.5 Å². The highest BCUT2D eigenvalue weighted by Crippen LogP contribution is 2.37. The largest absolute Gasteiger partial charge is 0.393 e. The molecule has 1 aromatic heterocycles. The van der Waals surface area contributed by atoms with Crippen molar-refractivity contribution >= 4 is 16.6 Å². The molecule has 5 nitrogen and oxygen atoms in total. The van der Waals surface area contributed by atoms with Crippen molar-refractivity contribution in [1.29, 1.82) is 5.26 Å². The third-order valence-corrected chi connectivity index (χ3v) is 7.16. The van der Waals surface area contributed by atoms with Gasteiger partial charge in [0.05, 0.1) is 17.0 Å². The minimum Gasteiger partial charge on any atom is -0.369 e. The number of anilines is 1. The van der Waals surface area contributed by atoms with Crippen LogP contribution >= 0.6 is 0 Å². The smallest absolute Gasteiger partial charge is 0.369 e. The van der Waals surface area contributed by atoms with Crippen molar-refractivity contribution in [2.75, 3.05) is 37.6 Å².